The van der Waals surface area contributed by atoms with Gasteiger partial charge in [0.1, 0.15) is 17.7 Å². The van der Waals surface area contributed by atoms with E-state index in [9.17, 15) is 22.8 Å². The number of ether oxygens (including phenoxy) is 1. The second kappa shape index (κ2) is 11.4. The number of carbonyl (C=O) groups is 3. The summed E-state index contributed by atoms with van der Waals surface area (Å²) in [4.78, 5) is 49.5. The van der Waals surface area contributed by atoms with Crippen molar-refractivity contribution in [2.45, 2.75) is 68.7 Å². The number of nitrogens with two attached hydrogens (primary N) is 1. The van der Waals surface area contributed by atoms with Crippen molar-refractivity contribution >= 4 is 39.0 Å². The molecule has 5 rings (SSSR count). The predicted octanol–water partition coefficient (Wildman–Crippen LogP) is 0.556. The molecular formula is C27H37N7O6S. The fourth-order valence-corrected chi connectivity index (χ4v) is 6.10. The molecular weight excluding hydrogens is 550 g/mol. The summed E-state index contributed by atoms with van der Waals surface area (Å²) in [5, 5.41) is 2.81. The van der Waals surface area contributed by atoms with Gasteiger partial charge < -0.3 is 25.7 Å². The zero-order chi connectivity index (χ0) is 29.4. The van der Waals surface area contributed by atoms with Gasteiger partial charge in [0.2, 0.25) is 11.8 Å². The number of aromatic amines is 1. The van der Waals surface area contributed by atoms with E-state index in [1.54, 1.807) is 0 Å². The topological polar surface area (TPSA) is 180 Å². The van der Waals surface area contributed by atoms with Crippen LogP contribution >= 0.6 is 0 Å². The summed E-state index contributed by atoms with van der Waals surface area (Å²) in [5.74, 6) is -2.13. The lowest BCUT2D eigenvalue weighted by Crippen LogP contribution is -2.58. The van der Waals surface area contributed by atoms with Gasteiger partial charge in [0.15, 0.2) is 0 Å². The maximum atomic E-state index is 13.8. The molecule has 1 saturated carbocycles. The number of amides is 3. The molecule has 2 aliphatic heterocycles. The summed E-state index contributed by atoms with van der Waals surface area (Å²) in [6.07, 6.45) is 7.41. The Morgan fingerprint density at radius 3 is 2.76 bits per heavy atom. The number of hydrogen-bond donors (Lipinski definition) is 4. The van der Waals surface area contributed by atoms with Gasteiger partial charge in [-0.1, -0.05) is 37.1 Å². The van der Waals surface area contributed by atoms with Gasteiger partial charge in [-0.3, -0.25) is 14.4 Å². The highest BCUT2D eigenvalue weighted by molar-refractivity contribution is 7.87. The van der Waals surface area contributed by atoms with Crippen LogP contribution < -0.4 is 20.5 Å². The first-order chi connectivity index (χ1) is 19.5. The highest BCUT2D eigenvalue weighted by Gasteiger charge is 2.61. The van der Waals surface area contributed by atoms with Crippen LogP contribution in [0.4, 0.5) is 0 Å². The van der Waals surface area contributed by atoms with Crippen molar-refractivity contribution in [2.75, 3.05) is 20.6 Å². The Labute approximate surface area is 239 Å². The van der Waals surface area contributed by atoms with E-state index in [1.165, 1.54) is 19.0 Å². The Hall–Kier alpha value is -3.49. The summed E-state index contributed by atoms with van der Waals surface area (Å²) in [7, 11) is -1.47. The summed E-state index contributed by atoms with van der Waals surface area (Å²) in [5.41, 5.74) is 6.35. The molecule has 1 saturated heterocycles. The van der Waals surface area contributed by atoms with E-state index in [-0.39, 0.29) is 37.2 Å². The highest BCUT2D eigenvalue weighted by Crippen LogP contribution is 2.45. The summed E-state index contributed by atoms with van der Waals surface area (Å²) >= 11 is 0. The quantitative estimate of drug-likeness (QED) is 0.366. The molecule has 0 radical (unpaired) electrons. The average molecular weight is 588 g/mol. The Bertz CT molecular complexity index is 1420. The molecule has 1 aliphatic carbocycles. The van der Waals surface area contributed by atoms with E-state index in [0.29, 0.717) is 6.42 Å². The molecule has 1 aromatic carbocycles. The van der Waals surface area contributed by atoms with Crippen molar-refractivity contribution in [1.29, 1.82) is 0 Å². The molecule has 0 bridgehead atoms. The largest absolute Gasteiger partial charge is 0.459 e. The highest BCUT2D eigenvalue weighted by atomic mass is 32.2. The first kappa shape index (κ1) is 29.0. The van der Waals surface area contributed by atoms with Crippen LogP contribution in [-0.2, 0) is 24.6 Å². The van der Waals surface area contributed by atoms with E-state index >= 15 is 0 Å². The number of rotatable bonds is 5. The van der Waals surface area contributed by atoms with Crippen LogP contribution in [0.2, 0.25) is 0 Å². The normalized spacial score (nSPS) is 30.1. The molecule has 5 atom stereocenters. The maximum absolute atomic E-state index is 13.8. The molecule has 2 aromatic rings. The van der Waals surface area contributed by atoms with Crippen LogP contribution in [0.25, 0.3) is 11.0 Å². The number of nitrogens with one attached hydrogen (secondary N) is 3. The lowest BCUT2D eigenvalue weighted by molar-refractivity contribution is -0.140. The molecule has 2 fully saturated rings. The van der Waals surface area contributed by atoms with Crippen molar-refractivity contribution in [1.82, 2.24) is 29.2 Å². The zero-order valence-electron chi connectivity index (χ0n) is 23.2. The van der Waals surface area contributed by atoms with Crippen molar-refractivity contribution in [3.63, 3.8) is 0 Å². The van der Waals surface area contributed by atoms with Gasteiger partial charge in [-0.2, -0.15) is 17.7 Å². The Morgan fingerprint density at radius 2 is 2.00 bits per heavy atom. The number of allylic oxidation sites excluding steroid dienone is 1. The number of nitrogens with zero attached hydrogens (tertiary/aromatic N) is 3. The first-order valence-corrected chi connectivity index (χ1v) is 15.3. The van der Waals surface area contributed by atoms with E-state index in [1.807, 2.05) is 36.4 Å². The third kappa shape index (κ3) is 6.09. The lowest BCUT2D eigenvalue weighted by atomic mass is 10.1. The van der Waals surface area contributed by atoms with Gasteiger partial charge in [0.05, 0.1) is 23.6 Å². The number of aromatic nitrogens is 2. The summed E-state index contributed by atoms with van der Waals surface area (Å²) in [6.45, 7) is 0.110. The molecule has 3 heterocycles. The minimum absolute atomic E-state index is 0.110. The minimum Gasteiger partial charge on any atom is -0.459 e. The molecule has 3 amide bonds. The van der Waals surface area contributed by atoms with Crippen molar-refractivity contribution < 1.29 is 27.5 Å². The molecule has 3 aliphatic rings. The van der Waals surface area contributed by atoms with Crippen molar-refractivity contribution in [2.24, 2.45) is 11.7 Å². The van der Waals surface area contributed by atoms with Crippen LogP contribution in [0.15, 0.2) is 36.4 Å². The van der Waals surface area contributed by atoms with Crippen LogP contribution in [0.1, 0.15) is 44.9 Å². The van der Waals surface area contributed by atoms with Gasteiger partial charge in [-0.15, -0.1) is 0 Å². The maximum Gasteiger partial charge on any atom is 0.303 e. The number of hydrogen-bond acceptors (Lipinski definition) is 8. The number of carbonyl (C=O) groups excluding carboxylic acids is 3. The smallest absolute Gasteiger partial charge is 0.303 e. The van der Waals surface area contributed by atoms with E-state index in [0.717, 1.165) is 41.0 Å². The number of benzene rings is 1. The molecule has 0 spiro atoms. The molecule has 13 nitrogen and oxygen atoms in total. The molecule has 222 valence electrons. The fraction of sp³-hybridized carbons (Fsp3) is 0.556. The monoisotopic (exact) mass is 587 g/mol. The molecule has 5 N–H and O–H groups in total. The molecule has 41 heavy (non-hydrogen) atoms. The Kier molecular flexibility index (Phi) is 8.08. The lowest BCUT2D eigenvalue weighted by Gasteiger charge is -2.28. The van der Waals surface area contributed by atoms with Crippen LogP contribution in [0, 0.1) is 5.92 Å². The molecule has 0 unspecified atom stereocenters. The van der Waals surface area contributed by atoms with Gasteiger partial charge >= 0.3 is 10.2 Å². The first-order valence-electron chi connectivity index (χ1n) is 13.9. The van der Waals surface area contributed by atoms with Crippen molar-refractivity contribution in [3.8, 4) is 6.01 Å². The number of imidazole rings is 1. The second-order valence-electron chi connectivity index (χ2n) is 11.2. The predicted molar refractivity (Wildman–Crippen MR) is 151 cm³/mol. The summed E-state index contributed by atoms with van der Waals surface area (Å²) < 4.78 is 33.9. The third-order valence-electron chi connectivity index (χ3n) is 8.03. The standard InChI is InChI=1S/C27H37N7O6S/c1-33(2)41(38,39)32-25(37)27-15-17(27)10-6-4-3-5-7-11-19(28)24(36)34-16-18(14-22(34)23(35)31-27)40-26-29-20-12-8-9-13-21(20)30-26/h6,8-10,12-13,17-19,22H,3-5,7,11,14-16,28H2,1-2H3,(H,29,30)(H,31,35)(H,32,37)/b10-6-/t17-,18+,19-,22-,27+/m0/s1. The number of H-pyrrole nitrogens is 1. The zero-order valence-corrected chi connectivity index (χ0v) is 24.0. The van der Waals surface area contributed by atoms with Crippen LogP contribution in [-0.4, -0.2) is 89.7 Å². The van der Waals surface area contributed by atoms with Gasteiger partial charge in [-0.25, -0.2) is 4.72 Å². The third-order valence-corrected chi connectivity index (χ3v) is 9.44. The Morgan fingerprint density at radius 1 is 1.22 bits per heavy atom. The van der Waals surface area contributed by atoms with Gasteiger partial charge in [0, 0.05) is 26.4 Å². The van der Waals surface area contributed by atoms with Crippen LogP contribution in [0.3, 0.4) is 0 Å². The molecule has 14 heteroatoms. The summed E-state index contributed by atoms with van der Waals surface area (Å²) in [6, 6.07) is 5.96. The Balaban J connectivity index is 1.40. The van der Waals surface area contributed by atoms with E-state index in [4.69, 9.17) is 10.5 Å². The SMILES string of the molecule is CN(C)S(=O)(=O)NC(=O)[C@@]12C[C@@H]1/C=C\CCCCC[C@H](N)C(=O)N1C[C@H](Oc3nc4ccccc4[nH]3)C[C@H]1C(=O)N2. The fourth-order valence-electron chi connectivity index (χ4n) is 5.50. The number of fused-ring (bicyclic) bond motifs is 3. The molecule has 1 aromatic heterocycles. The van der Waals surface area contributed by atoms with Gasteiger partial charge in [-0.05, 0) is 37.8 Å². The second-order valence-corrected chi connectivity index (χ2v) is 13.1. The van der Waals surface area contributed by atoms with Crippen molar-refractivity contribution in [3.05, 3.63) is 36.4 Å². The number of para-hydroxylation sites is 2. The van der Waals surface area contributed by atoms with E-state index < -0.39 is 45.8 Å². The van der Waals surface area contributed by atoms with Crippen LogP contribution in [0.5, 0.6) is 6.01 Å². The average Bonchev–Trinajstić information content (AvgIpc) is 3.24. The minimum atomic E-state index is -4.08. The van der Waals surface area contributed by atoms with E-state index in [2.05, 4.69) is 20.0 Å². The van der Waals surface area contributed by atoms with Gasteiger partial charge in [0.25, 0.3) is 11.9 Å².